The van der Waals surface area contributed by atoms with E-state index in [2.05, 4.69) is 15.8 Å². The van der Waals surface area contributed by atoms with Crippen molar-refractivity contribution in [2.45, 2.75) is 88.8 Å². The second-order valence-electron chi connectivity index (χ2n) is 6.99. The highest BCUT2D eigenvalue weighted by atomic mass is 16.6. The number of hydrogen-bond donors (Lipinski definition) is 2. The molecule has 1 unspecified atom stereocenters. The molecule has 0 aromatic heterocycles. The SMILES string of the molecule is O=C(NC1CCCCC1)C1=NOC(C(=O)NC2CCCCC2)C1. The third-order valence-corrected chi connectivity index (χ3v) is 5.12. The van der Waals surface area contributed by atoms with Gasteiger partial charge in [0.05, 0.1) is 0 Å². The summed E-state index contributed by atoms with van der Waals surface area (Å²) in [6.45, 7) is 0. The summed E-state index contributed by atoms with van der Waals surface area (Å²) in [6, 6.07) is 0.494. The zero-order valence-corrected chi connectivity index (χ0v) is 13.7. The molecule has 6 nitrogen and oxygen atoms in total. The molecule has 1 atom stereocenters. The van der Waals surface area contributed by atoms with Crippen LogP contribution in [0.25, 0.3) is 0 Å². The van der Waals surface area contributed by atoms with Gasteiger partial charge in [0.25, 0.3) is 11.8 Å². The molecule has 2 amide bonds. The van der Waals surface area contributed by atoms with Crippen molar-refractivity contribution in [3.8, 4) is 0 Å². The largest absolute Gasteiger partial charge is 0.382 e. The van der Waals surface area contributed by atoms with Crippen molar-refractivity contribution in [2.24, 2.45) is 5.16 Å². The predicted octanol–water partition coefficient (Wildman–Crippen LogP) is 2.03. The van der Waals surface area contributed by atoms with E-state index in [1.165, 1.54) is 38.5 Å². The normalized spacial score (nSPS) is 26.3. The van der Waals surface area contributed by atoms with Gasteiger partial charge in [-0.1, -0.05) is 43.7 Å². The van der Waals surface area contributed by atoms with Crippen LogP contribution in [-0.2, 0) is 14.4 Å². The molecule has 0 radical (unpaired) electrons. The van der Waals surface area contributed by atoms with Gasteiger partial charge in [0.2, 0.25) is 6.10 Å². The van der Waals surface area contributed by atoms with Gasteiger partial charge in [-0.25, -0.2) is 0 Å². The van der Waals surface area contributed by atoms with Gasteiger partial charge in [-0.05, 0) is 25.7 Å². The second-order valence-corrected chi connectivity index (χ2v) is 6.99. The van der Waals surface area contributed by atoms with Crippen LogP contribution in [0.3, 0.4) is 0 Å². The first-order valence-electron chi connectivity index (χ1n) is 9.06. The van der Waals surface area contributed by atoms with Gasteiger partial charge in [0.1, 0.15) is 5.71 Å². The molecule has 2 N–H and O–H groups in total. The van der Waals surface area contributed by atoms with E-state index in [0.717, 1.165) is 25.7 Å². The number of nitrogens with zero attached hydrogens (tertiary/aromatic N) is 1. The van der Waals surface area contributed by atoms with E-state index < -0.39 is 6.10 Å². The molecule has 0 aromatic carbocycles. The van der Waals surface area contributed by atoms with E-state index in [9.17, 15) is 9.59 Å². The summed E-state index contributed by atoms with van der Waals surface area (Å²) in [7, 11) is 0. The van der Waals surface area contributed by atoms with E-state index in [1.807, 2.05) is 0 Å². The number of amides is 2. The first kappa shape index (κ1) is 16.3. The Morgan fingerprint density at radius 1 is 0.870 bits per heavy atom. The van der Waals surface area contributed by atoms with Crippen molar-refractivity contribution in [3.63, 3.8) is 0 Å². The molecule has 0 spiro atoms. The first-order chi connectivity index (χ1) is 11.2. The molecule has 128 valence electrons. The molecule has 3 aliphatic rings. The predicted molar refractivity (Wildman–Crippen MR) is 87.0 cm³/mol. The van der Waals surface area contributed by atoms with Crippen LogP contribution in [0.2, 0.25) is 0 Å². The molecule has 2 aliphatic carbocycles. The fourth-order valence-electron chi connectivity index (χ4n) is 3.71. The molecule has 3 rings (SSSR count). The third-order valence-electron chi connectivity index (χ3n) is 5.12. The van der Waals surface area contributed by atoms with Gasteiger partial charge in [-0.15, -0.1) is 0 Å². The van der Waals surface area contributed by atoms with Crippen LogP contribution in [0.4, 0.5) is 0 Å². The minimum Gasteiger partial charge on any atom is -0.382 e. The van der Waals surface area contributed by atoms with Gasteiger partial charge < -0.3 is 15.5 Å². The maximum Gasteiger partial charge on any atom is 0.269 e. The summed E-state index contributed by atoms with van der Waals surface area (Å²) in [6.07, 6.45) is 10.9. The molecule has 0 aromatic rings. The summed E-state index contributed by atoms with van der Waals surface area (Å²) < 4.78 is 0. The Balaban J connectivity index is 1.43. The Morgan fingerprint density at radius 2 is 1.43 bits per heavy atom. The fraction of sp³-hybridized carbons (Fsp3) is 0.824. The number of carbonyl (C=O) groups excluding carboxylic acids is 2. The lowest BCUT2D eigenvalue weighted by Crippen LogP contribution is -2.43. The van der Waals surface area contributed by atoms with Gasteiger partial charge >= 0.3 is 0 Å². The molecule has 1 heterocycles. The quantitative estimate of drug-likeness (QED) is 0.831. The third kappa shape index (κ3) is 4.45. The molecule has 1 aliphatic heterocycles. The van der Waals surface area contributed by atoms with Crippen LogP contribution in [0.1, 0.15) is 70.6 Å². The lowest BCUT2D eigenvalue weighted by Gasteiger charge is -2.23. The molecule has 23 heavy (non-hydrogen) atoms. The van der Waals surface area contributed by atoms with E-state index in [1.54, 1.807) is 0 Å². The Kier molecular flexibility index (Phi) is 5.51. The first-order valence-corrected chi connectivity index (χ1v) is 9.06. The standard InChI is InChI=1S/C17H27N3O3/c21-16(18-12-7-3-1-4-8-12)14-11-15(23-20-14)17(22)19-13-9-5-2-6-10-13/h12-13,15H,1-11H2,(H,18,21)(H,19,22). The number of oxime groups is 1. The summed E-state index contributed by atoms with van der Waals surface area (Å²) in [5.41, 5.74) is 0.347. The van der Waals surface area contributed by atoms with Gasteiger partial charge in [0.15, 0.2) is 0 Å². The summed E-state index contributed by atoms with van der Waals surface area (Å²) in [5.74, 6) is -0.314. The van der Waals surface area contributed by atoms with E-state index in [0.29, 0.717) is 5.71 Å². The van der Waals surface area contributed by atoms with Gasteiger partial charge in [0, 0.05) is 18.5 Å². The second kappa shape index (κ2) is 7.79. The van der Waals surface area contributed by atoms with Crippen LogP contribution in [0.5, 0.6) is 0 Å². The maximum atomic E-state index is 12.2. The maximum absolute atomic E-state index is 12.2. The van der Waals surface area contributed by atoms with Crippen molar-refractivity contribution >= 4 is 17.5 Å². The van der Waals surface area contributed by atoms with Crippen molar-refractivity contribution < 1.29 is 14.4 Å². The van der Waals surface area contributed by atoms with Crippen molar-refractivity contribution in [1.82, 2.24) is 10.6 Å². The monoisotopic (exact) mass is 321 g/mol. The zero-order valence-electron chi connectivity index (χ0n) is 13.7. The number of nitrogens with one attached hydrogen (secondary N) is 2. The van der Waals surface area contributed by atoms with E-state index >= 15 is 0 Å². The van der Waals surface area contributed by atoms with E-state index in [-0.39, 0.29) is 30.3 Å². The Bertz CT molecular complexity index is 466. The molecule has 0 bridgehead atoms. The number of carbonyl (C=O) groups is 2. The Hall–Kier alpha value is -1.59. The lowest BCUT2D eigenvalue weighted by atomic mass is 9.95. The zero-order chi connectivity index (χ0) is 16.1. The molecule has 2 fully saturated rings. The lowest BCUT2D eigenvalue weighted by molar-refractivity contribution is -0.132. The molecule has 0 saturated heterocycles. The highest BCUT2D eigenvalue weighted by Gasteiger charge is 2.33. The molecule has 6 heteroatoms. The highest BCUT2D eigenvalue weighted by molar-refractivity contribution is 6.39. The van der Waals surface area contributed by atoms with Crippen LogP contribution >= 0.6 is 0 Å². The van der Waals surface area contributed by atoms with Crippen LogP contribution < -0.4 is 10.6 Å². The highest BCUT2D eigenvalue weighted by Crippen LogP contribution is 2.20. The van der Waals surface area contributed by atoms with Crippen LogP contribution in [0.15, 0.2) is 5.16 Å². The molecular formula is C17H27N3O3. The van der Waals surface area contributed by atoms with Crippen molar-refractivity contribution in [2.75, 3.05) is 0 Å². The smallest absolute Gasteiger partial charge is 0.269 e. The Morgan fingerprint density at radius 3 is 2.04 bits per heavy atom. The number of rotatable bonds is 4. The average molecular weight is 321 g/mol. The average Bonchev–Trinajstić information content (AvgIpc) is 3.07. The van der Waals surface area contributed by atoms with Gasteiger partial charge in [-0.2, -0.15) is 0 Å². The van der Waals surface area contributed by atoms with Crippen LogP contribution in [-0.4, -0.2) is 35.7 Å². The minimum atomic E-state index is -0.649. The van der Waals surface area contributed by atoms with Crippen molar-refractivity contribution in [1.29, 1.82) is 0 Å². The molecule has 2 saturated carbocycles. The van der Waals surface area contributed by atoms with Crippen molar-refractivity contribution in [3.05, 3.63) is 0 Å². The van der Waals surface area contributed by atoms with Crippen LogP contribution in [0, 0.1) is 0 Å². The van der Waals surface area contributed by atoms with E-state index in [4.69, 9.17) is 4.84 Å². The topological polar surface area (TPSA) is 79.8 Å². The van der Waals surface area contributed by atoms with Gasteiger partial charge in [-0.3, -0.25) is 9.59 Å². The summed E-state index contributed by atoms with van der Waals surface area (Å²) >= 11 is 0. The minimum absolute atomic E-state index is 0.138. The summed E-state index contributed by atoms with van der Waals surface area (Å²) in [4.78, 5) is 29.6. The number of hydrogen-bond acceptors (Lipinski definition) is 4. The molecular weight excluding hydrogens is 294 g/mol. The Labute approximate surface area is 137 Å². The fourth-order valence-corrected chi connectivity index (χ4v) is 3.71. The summed E-state index contributed by atoms with van der Waals surface area (Å²) in [5, 5.41) is 9.89.